The Hall–Kier alpha value is -0.870. The van der Waals surface area contributed by atoms with Crippen molar-refractivity contribution in [2.24, 2.45) is 0 Å². The van der Waals surface area contributed by atoms with Crippen LogP contribution < -0.4 is 10.2 Å². The third kappa shape index (κ3) is 2.19. The smallest absolute Gasteiger partial charge is 0.224 e. The van der Waals surface area contributed by atoms with Crippen molar-refractivity contribution in [3.63, 3.8) is 0 Å². The van der Waals surface area contributed by atoms with Gasteiger partial charge in [0.05, 0.1) is 5.69 Å². The molecule has 5 heteroatoms. The van der Waals surface area contributed by atoms with E-state index in [0.717, 1.165) is 31.7 Å². The van der Waals surface area contributed by atoms with Crippen LogP contribution in [0.15, 0.2) is 0 Å². The molecule has 1 aliphatic heterocycles. The van der Waals surface area contributed by atoms with Crippen molar-refractivity contribution in [3.05, 3.63) is 16.5 Å². The van der Waals surface area contributed by atoms with Gasteiger partial charge in [-0.2, -0.15) is 0 Å². The number of nitrogens with zero attached hydrogens (tertiary/aromatic N) is 3. The maximum atomic E-state index is 6.07. The van der Waals surface area contributed by atoms with Gasteiger partial charge in [-0.3, -0.25) is 0 Å². The standard InChI is InChI=1S/C13H19ClN4/c1-15-9-6-7-18(8-9)12-10-4-2-3-5-11(10)16-13(14)17-12/h9,15H,2-8H2,1H3/t9-/m0/s1. The zero-order chi connectivity index (χ0) is 12.5. The van der Waals surface area contributed by atoms with Gasteiger partial charge in [0, 0.05) is 24.7 Å². The Kier molecular flexibility index (Phi) is 3.39. The van der Waals surface area contributed by atoms with E-state index in [-0.39, 0.29) is 0 Å². The van der Waals surface area contributed by atoms with Crippen molar-refractivity contribution < 1.29 is 0 Å². The fourth-order valence-electron chi connectivity index (χ4n) is 2.99. The number of likely N-dealkylation sites (N-methyl/N-ethyl adjacent to an activating group) is 1. The molecule has 0 amide bonds. The van der Waals surface area contributed by atoms with Crippen molar-refractivity contribution >= 4 is 17.4 Å². The van der Waals surface area contributed by atoms with Crippen LogP contribution in [-0.4, -0.2) is 36.1 Å². The number of nitrogens with one attached hydrogen (secondary N) is 1. The topological polar surface area (TPSA) is 41.0 Å². The van der Waals surface area contributed by atoms with Crippen LogP contribution in [0, 0.1) is 0 Å². The lowest BCUT2D eigenvalue weighted by atomic mass is 9.96. The van der Waals surface area contributed by atoms with Gasteiger partial charge in [0.2, 0.25) is 5.28 Å². The van der Waals surface area contributed by atoms with Crippen molar-refractivity contribution in [1.29, 1.82) is 0 Å². The van der Waals surface area contributed by atoms with E-state index >= 15 is 0 Å². The molecule has 1 saturated heterocycles. The molecule has 2 aliphatic rings. The summed E-state index contributed by atoms with van der Waals surface area (Å²) in [5.74, 6) is 1.09. The molecule has 0 aromatic carbocycles. The molecule has 0 spiro atoms. The Labute approximate surface area is 113 Å². The number of hydrogen-bond donors (Lipinski definition) is 1. The number of hydrogen-bond acceptors (Lipinski definition) is 4. The normalized spacial score (nSPS) is 23.2. The Morgan fingerprint density at radius 3 is 2.89 bits per heavy atom. The summed E-state index contributed by atoms with van der Waals surface area (Å²) in [5, 5.41) is 3.74. The van der Waals surface area contributed by atoms with Crippen molar-refractivity contribution in [1.82, 2.24) is 15.3 Å². The lowest BCUT2D eigenvalue weighted by molar-refractivity contribution is 0.615. The number of aryl methyl sites for hydroxylation is 1. The van der Waals surface area contributed by atoms with Crippen LogP contribution in [0.1, 0.15) is 30.5 Å². The maximum Gasteiger partial charge on any atom is 0.224 e. The Morgan fingerprint density at radius 1 is 1.28 bits per heavy atom. The number of halogens is 1. The molecule has 1 aromatic rings. The maximum absolute atomic E-state index is 6.07. The van der Waals surface area contributed by atoms with Crippen molar-refractivity contribution in [2.75, 3.05) is 25.0 Å². The summed E-state index contributed by atoms with van der Waals surface area (Å²) in [6.45, 7) is 2.08. The highest BCUT2D eigenvalue weighted by molar-refractivity contribution is 6.28. The average molecular weight is 267 g/mol. The zero-order valence-electron chi connectivity index (χ0n) is 10.7. The molecule has 0 unspecified atom stereocenters. The highest BCUT2D eigenvalue weighted by Crippen LogP contribution is 2.30. The second-order valence-electron chi connectivity index (χ2n) is 5.17. The molecule has 0 bridgehead atoms. The van der Waals surface area contributed by atoms with Crippen LogP contribution in [0.25, 0.3) is 0 Å². The van der Waals surface area contributed by atoms with E-state index in [1.165, 1.54) is 30.5 Å². The predicted molar refractivity (Wildman–Crippen MR) is 73.4 cm³/mol. The number of rotatable bonds is 2. The third-order valence-electron chi connectivity index (χ3n) is 4.03. The molecule has 1 aromatic heterocycles. The average Bonchev–Trinajstić information content (AvgIpc) is 2.86. The van der Waals surface area contributed by atoms with Crippen molar-refractivity contribution in [3.8, 4) is 0 Å². The molecule has 2 heterocycles. The summed E-state index contributed by atoms with van der Waals surface area (Å²) < 4.78 is 0. The SMILES string of the molecule is CN[C@H]1CCN(c2nc(Cl)nc3c2CCCC3)C1. The van der Waals surface area contributed by atoms with Gasteiger partial charge in [-0.25, -0.2) is 9.97 Å². The highest BCUT2D eigenvalue weighted by Gasteiger charge is 2.27. The molecule has 0 saturated carbocycles. The van der Waals surface area contributed by atoms with E-state index in [4.69, 9.17) is 11.6 Å². The van der Waals surface area contributed by atoms with Gasteiger partial charge in [-0.05, 0) is 50.8 Å². The summed E-state index contributed by atoms with van der Waals surface area (Å²) in [6.07, 6.45) is 5.79. The monoisotopic (exact) mass is 266 g/mol. The summed E-state index contributed by atoms with van der Waals surface area (Å²) in [6, 6.07) is 0.568. The van der Waals surface area contributed by atoms with Gasteiger partial charge in [-0.15, -0.1) is 0 Å². The highest BCUT2D eigenvalue weighted by atomic mass is 35.5. The molecule has 3 rings (SSSR count). The molecular formula is C13H19ClN4. The Balaban J connectivity index is 1.93. The van der Waals surface area contributed by atoms with Crippen LogP contribution in [0.3, 0.4) is 0 Å². The molecule has 1 fully saturated rings. The van der Waals surface area contributed by atoms with Crippen LogP contribution in [0.4, 0.5) is 5.82 Å². The van der Waals surface area contributed by atoms with E-state index in [0.29, 0.717) is 11.3 Å². The first-order chi connectivity index (χ1) is 8.78. The molecular weight excluding hydrogens is 248 g/mol. The fraction of sp³-hybridized carbons (Fsp3) is 0.692. The van der Waals surface area contributed by atoms with Crippen molar-refractivity contribution in [2.45, 2.75) is 38.1 Å². The minimum absolute atomic E-state index is 0.401. The van der Waals surface area contributed by atoms with Gasteiger partial charge in [0.1, 0.15) is 5.82 Å². The first kappa shape index (κ1) is 12.2. The predicted octanol–water partition coefficient (Wildman–Crippen LogP) is 1.81. The van der Waals surface area contributed by atoms with Gasteiger partial charge in [0.25, 0.3) is 0 Å². The summed E-state index contributed by atoms with van der Waals surface area (Å²) in [7, 11) is 2.02. The lowest BCUT2D eigenvalue weighted by Crippen LogP contribution is -2.31. The third-order valence-corrected chi connectivity index (χ3v) is 4.20. The van der Waals surface area contributed by atoms with E-state index in [9.17, 15) is 0 Å². The molecule has 98 valence electrons. The van der Waals surface area contributed by atoms with Gasteiger partial charge >= 0.3 is 0 Å². The summed E-state index contributed by atoms with van der Waals surface area (Å²) in [5.41, 5.74) is 2.51. The minimum Gasteiger partial charge on any atom is -0.355 e. The van der Waals surface area contributed by atoms with Crippen LogP contribution in [-0.2, 0) is 12.8 Å². The molecule has 1 aliphatic carbocycles. The zero-order valence-corrected chi connectivity index (χ0v) is 11.5. The van der Waals surface area contributed by atoms with E-state index in [1.807, 2.05) is 7.05 Å². The number of anilines is 1. The van der Waals surface area contributed by atoms with Gasteiger partial charge < -0.3 is 10.2 Å². The molecule has 18 heavy (non-hydrogen) atoms. The summed E-state index contributed by atoms with van der Waals surface area (Å²) >= 11 is 6.07. The minimum atomic E-state index is 0.401. The second-order valence-corrected chi connectivity index (χ2v) is 5.51. The molecule has 0 radical (unpaired) electrons. The van der Waals surface area contributed by atoms with E-state index < -0.39 is 0 Å². The fourth-order valence-corrected chi connectivity index (χ4v) is 3.18. The van der Waals surface area contributed by atoms with E-state index in [1.54, 1.807) is 0 Å². The second kappa shape index (κ2) is 5.02. The molecule has 1 atom stereocenters. The van der Waals surface area contributed by atoms with Crippen LogP contribution in [0.2, 0.25) is 5.28 Å². The first-order valence-corrected chi connectivity index (χ1v) is 7.13. The molecule has 1 N–H and O–H groups in total. The molecule has 4 nitrogen and oxygen atoms in total. The first-order valence-electron chi connectivity index (χ1n) is 6.75. The van der Waals surface area contributed by atoms with E-state index in [2.05, 4.69) is 20.2 Å². The lowest BCUT2D eigenvalue weighted by Gasteiger charge is -2.24. The number of fused-ring (bicyclic) bond motifs is 1. The van der Waals surface area contributed by atoms with Gasteiger partial charge in [-0.1, -0.05) is 0 Å². The van der Waals surface area contributed by atoms with Gasteiger partial charge in [0.15, 0.2) is 0 Å². The number of aromatic nitrogens is 2. The Bertz CT molecular complexity index is 449. The largest absolute Gasteiger partial charge is 0.355 e. The van der Waals surface area contributed by atoms with Crippen LogP contribution in [0.5, 0.6) is 0 Å². The quantitative estimate of drug-likeness (QED) is 0.829. The van der Waals surface area contributed by atoms with Crippen LogP contribution >= 0.6 is 11.6 Å². The Morgan fingerprint density at radius 2 is 2.11 bits per heavy atom. The summed E-state index contributed by atoms with van der Waals surface area (Å²) in [4.78, 5) is 11.2.